The van der Waals surface area contributed by atoms with Gasteiger partial charge in [-0.3, -0.25) is 0 Å². The first-order chi connectivity index (χ1) is 11.2. The third kappa shape index (κ3) is 3.48. The zero-order chi connectivity index (χ0) is 15.8. The molecule has 0 aromatic heterocycles. The van der Waals surface area contributed by atoms with Crippen molar-refractivity contribution in [1.29, 1.82) is 0 Å². The van der Waals surface area contributed by atoms with Crippen molar-refractivity contribution in [3.05, 3.63) is 34.3 Å². The van der Waals surface area contributed by atoms with Gasteiger partial charge in [0.2, 0.25) is 0 Å². The van der Waals surface area contributed by atoms with Crippen LogP contribution in [-0.2, 0) is 17.7 Å². The molecule has 23 heavy (non-hydrogen) atoms. The summed E-state index contributed by atoms with van der Waals surface area (Å²) in [6.45, 7) is 2.20. The third-order valence-corrected chi connectivity index (χ3v) is 5.49. The van der Waals surface area contributed by atoms with E-state index in [1.807, 2.05) is 23.1 Å². The van der Waals surface area contributed by atoms with E-state index >= 15 is 0 Å². The van der Waals surface area contributed by atoms with Crippen LogP contribution >= 0.6 is 11.6 Å². The van der Waals surface area contributed by atoms with Gasteiger partial charge in [0.25, 0.3) is 0 Å². The van der Waals surface area contributed by atoms with Gasteiger partial charge in [0.15, 0.2) is 0 Å². The Bertz CT molecular complexity index is 603. The van der Waals surface area contributed by atoms with E-state index in [1.54, 1.807) is 0 Å². The highest BCUT2D eigenvalue weighted by Gasteiger charge is 2.36. The van der Waals surface area contributed by atoms with E-state index in [0.29, 0.717) is 12.6 Å². The fourth-order valence-corrected chi connectivity index (χ4v) is 3.91. The number of benzene rings is 1. The molecule has 0 bridgehead atoms. The molecule has 0 unspecified atom stereocenters. The summed E-state index contributed by atoms with van der Waals surface area (Å²) in [5, 5.41) is 4.00. The van der Waals surface area contributed by atoms with Crippen LogP contribution in [-0.4, -0.2) is 36.2 Å². The van der Waals surface area contributed by atoms with Gasteiger partial charge < -0.3 is 15.0 Å². The fourth-order valence-electron chi connectivity index (χ4n) is 3.72. The maximum absolute atomic E-state index is 12.6. The van der Waals surface area contributed by atoms with Crippen molar-refractivity contribution >= 4 is 17.6 Å². The number of rotatable bonds is 2. The lowest BCUT2D eigenvalue weighted by Crippen LogP contribution is -2.49. The molecule has 3 aliphatic rings. The molecule has 0 spiro atoms. The maximum atomic E-state index is 12.6. The number of hydrogen-bond acceptors (Lipinski definition) is 2. The maximum Gasteiger partial charge on any atom is 0.317 e. The van der Waals surface area contributed by atoms with Gasteiger partial charge >= 0.3 is 6.03 Å². The minimum atomic E-state index is 0.0621. The second-order valence-electron chi connectivity index (χ2n) is 7.00. The molecule has 5 heteroatoms. The molecule has 4 rings (SSSR count). The summed E-state index contributed by atoms with van der Waals surface area (Å²) in [5.41, 5.74) is 2.47. The average molecular weight is 335 g/mol. The van der Waals surface area contributed by atoms with Gasteiger partial charge in [-0.1, -0.05) is 17.7 Å². The Morgan fingerprint density at radius 1 is 1.26 bits per heavy atom. The van der Waals surface area contributed by atoms with Crippen LogP contribution in [0.5, 0.6) is 0 Å². The molecule has 2 fully saturated rings. The molecule has 1 N–H and O–H groups in total. The van der Waals surface area contributed by atoms with Gasteiger partial charge in [-0.05, 0) is 61.3 Å². The first kappa shape index (κ1) is 15.3. The molecule has 2 amide bonds. The number of urea groups is 1. The Hall–Kier alpha value is -1.26. The first-order valence-corrected chi connectivity index (χ1v) is 9.01. The lowest BCUT2D eigenvalue weighted by molar-refractivity contribution is -0.00988. The highest BCUT2D eigenvalue weighted by molar-refractivity contribution is 6.30. The van der Waals surface area contributed by atoms with Crippen LogP contribution in [0.15, 0.2) is 18.2 Å². The zero-order valence-corrected chi connectivity index (χ0v) is 14.0. The SMILES string of the molecule is O=C(N[C@H]1CCO[C@H](C2CC2)C1)N1CCc2cc(Cl)ccc2C1. The number of fused-ring (bicyclic) bond motifs is 1. The minimum absolute atomic E-state index is 0.0621. The van der Waals surface area contributed by atoms with E-state index < -0.39 is 0 Å². The van der Waals surface area contributed by atoms with Crippen LogP contribution in [0.1, 0.15) is 36.8 Å². The summed E-state index contributed by atoms with van der Waals surface area (Å²) in [7, 11) is 0. The molecule has 1 saturated carbocycles. The molecule has 4 nitrogen and oxygen atoms in total. The number of nitrogens with one attached hydrogen (secondary N) is 1. The molecule has 124 valence electrons. The van der Waals surface area contributed by atoms with E-state index in [2.05, 4.69) is 5.32 Å². The zero-order valence-electron chi connectivity index (χ0n) is 13.3. The van der Waals surface area contributed by atoms with Gasteiger partial charge in [-0.2, -0.15) is 0 Å². The summed E-state index contributed by atoms with van der Waals surface area (Å²) >= 11 is 6.04. The van der Waals surface area contributed by atoms with E-state index in [9.17, 15) is 4.79 Å². The molecule has 1 saturated heterocycles. The van der Waals surface area contributed by atoms with Crippen LogP contribution < -0.4 is 5.32 Å². The normalized spacial score (nSPS) is 27.4. The third-order valence-electron chi connectivity index (χ3n) is 5.26. The Morgan fingerprint density at radius 3 is 2.96 bits per heavy atom. The number of halogens is 1. The summed E-state index contributed by atoms with van der Waals surface area (Å²) in [6, 6.07) is 6.28. The van der Waals surface area contributed by atoms with Gasteiger partial charge in [-0.25, -0.2) is 4.79 Å². The standard InChI is InChI=1S/C18H23ClN2O2/c19-15-4-3-14-11-21(7-5-13(14)9-15)18(22)20-16-6-8-23-17(10-16)12-1-2-12/h3-4,9,12,16-17H,1-2,5-8,10-11H2,(H,20,22)/t16-,17-/m0/s1. The second-order valence-corrected chi connectivity index (χ2v) is 7.44. The molecule has 1 aromatic rings. The van der Waals surface area contributed by atoms with Gasteiger partial charge in [-0.15, -0.1) is 0 Å². The van der Waals surface area contributed by atoms with Gasteiger partial charge in [0.05, 0.1) is 6.10 Å². The number of amides is 2. The molecular formula is C18H23ClN2O2. The van der Waals surface area contributed by atoms with E-state index in [-0.39, 0.29) is 12.1 Å². The molecule has 2 heterocycles. The van der Waals surface area contributed by atoms with E-state index in [4.69, 9.17) is 16.3 Å². The van der Waals surface area contributed by atoms with Gasteiger partial charge in [0, 0.05) is 30.8 Å². The van der Waals surface area contributed by atoms with Crippen LogP contribution in [0.25, 0.3) is 0 Å². The number of ether oxygens (including phenoxy) is 1. The summed E-state index contributed by atoms with van der Waals surface area (Å²) in [5.74, 6) is 0.737. The van der Waals surface area contributed by atoms with Crippen molar-refractivity contribution in [2.24, 2.45) is 5.92 Å². The lowest BCUT2D eigenvalue weighted by Gasteiger charge is -2.34. The predicted octanol–water partition coefficient (Wildman–Crippen LogP) is 3.37. The van der Waals surface area contributed by atoms with Crippen molar-refractivity contribution < 1.29 is 9.53 Å². The topological polar surface area (TPSA) is 41.6 Å². The average Bonchev–Trinajstić information content (AvgIpc) is 3.39. The van der Waals surface area contributed by atoms with Crippen LogP contribution in [0.3, 0.4) is 0 Å². The quantitative estimate of drug-likeness (QED) is 0.901. The van der Waals surface area contributed by atoms with Crippen LogP contribution in [0.4, 0.5) is 4.79 Å². The van der Waals surface area contributed by atoms with Crippen molar-refractivity contribution in [2.45, 2.75) is 50.8 Å². The van der Waals surface area contributed by atoms with Crippen molar-refractivity contribution in [3.63, 3.8) is 0 Å². The summed E-state index contributed by atoms with van der Waals surface area (Å²) in [4.78, 5) is 14.5. The molecule has 1 aromatic carbocycles. The summed E-state index contributed by atoms with van der Waals surface area (Å²) in [6.07, 6.45) is 5.71. The van der Waals surface area contributed by atoms with Crippen LogP contribution in [0.2, 0.25) is 5.02 Å². The Labute approximate surface area is 142 Å². The molecule has 0 radical (unpaired) electrons. The highest BCUT2D eigenvalue weighted by atomic mass is 35.5. The molecule has 2 aliphatic heterocycles. The Balaban J connectivity index is 1.35. The fraction of sp³-hybridized carbons (Fsp3) is 0.611. The summed E-state index contributed by atoms with van der Waals surface area (Å²) < 4.78 is 5.84. The van der Waals surface area contributed by atoms with Gasteiger partial charge in [0.1, 0.15) is 0 Å². The number of hydrogen-bond donors (Lipinski definition) is 1. The number of carbonyl (C=O) groups excluding carboxylic acids is 1. The predicted molar refractivity (Wildman–Crippen MR) is 89.6 cm³/mol. The smallest absolute Gasteiger partial charge is 0.317 e. The van der Waals surface area contributed by atoms with E-state index in [1.165, 1.54) is 24.0 Å². The lowest BCUT2D eigenvalue weighted by atomic mass is 9.99. The molecule has 1 aliphatic carbocycles. The first-order valence-electron chi connectivity index (χ1n) is 8.63. The number of carbonyl (C=O) groups is 1. The van der Waals surface area contributed by atoms with Crippen molar-refractivity contribution in [2.75, 3.05) is 13.2 Å². The largest absolute Gasteiger partial charge is 0.378 e. The Morgan fingerprint density at radius 2 is 2.13 bits per heavy atom. The monoisotopic (exact) mass is 334 g/mol. The Kier molecular flexibility index (Phi) is 4.20. The second kappa shape index (κ2) is 6.33. The highest BCUT2D eigenvalue weighted by Crippen LogP contribution is 2.38. The molecular weight excluding hydrogens is 312 g/mol. The number of nitrogens with zero attached hydrogens (tertiary/aromatic N) is 1. The van der Waals surface area contributed by atoms with Crippen molar-refractivity contribution in [1.82, 2.24) is 10.2 Å². The molecule has 2 atom stereocenters. The van der Waals surface area contributed by atoms with Crippen molar-refractivity contribution in [3.8, 4) is 0 Å². The van der Waals surface area contributed by atoms with E-state index in [0.717, 1.165) is 43.4 Å². The van der Waals surface area contributed by atoms with Crippen LogP contribution in [0, 0.1) is 5.92 Å². The minimum Gasteiger partial charge on any atom is -0.378 e.